The van der Waals surface area contributed by atoms with Gasteiger partial charge in [0.2, 0.25) is 5.95 Å². The molecule has 1 amide bonds. The van der Waals surface area contributed by atoms with Crippen LogP contribution < -0.4 is 14.8 Å². The van der Waals surface area contributed by atoms with Gasteiger partial charge in [0.05, 0.1) is 17.0 Å². The summed E-state index contributed by atoms with van der Waals surface area (Å²) in [6.45, 7) is 0. The maximum absolute atomic E-state index is 13.1. The summed E-state index contributed by atoms with van der Waals surface area (Å²) in [5, 5.41) is 2.52. The van der Waals surface area contributed by atoms with Crippen molar-refractivity contribution >= 4 is 11.9 Å². The van der Waals surface area contributed by atoms with Gasteiger partial charge in [-0.1, -0.05) is 0 Å². The first-order chi connectivity index (χ1) is 11.5. The minimum absolute atomic E-state index is 0.0458. The summed E-state index contributed by atoms with van der Waals surface area (Å²) in [7, 11) is 0. The Morgan fingerprint density at radius 2 is 1.88 bits per heavy atom. The molecule has 7 nitrogen and oxygen atoms in total. The molecule has 1 N–H and O–H groups in total. The lowest BCUT2D eigenvalue weighted by Gasteiger charge is -2.04. The molecule has 3 aliphatic rings. The van der Waals surface area contributed by atoms with Crippen molar-refractivity contribution in [1.29, 1.82) is 0 Å². The third-order valence-corrected chi connectivity index (χ3v) is 3.22. The number of nitrogens with one attached hydrogen (secondary N) is 1. The zero-order chi connectivity index (χ0) is 16.7. The average Bonchev–Trinajstić information content (AvgIpc) is 3.02. The molecule has 0 saturated heterocycles. The Bertz CT molecular complexity index is 905. The zero-order valence-electron chi connectivity index (χ0n) is 11.9. The second-order valence-corrected chi connectivity index (χ2v) is 4.89. The van der Waals surface area contributed by atoms with Gasteiger partial charge in [-0.2, -0.15) is 0 Å². The number of hydrogen-bond acceptors (Lipinski definition) is 6. The molecule has 9 heteroatoms. The van der Waals surface area contributed by atoms with Crippen LogP contribution in [0.1, 0.15) is 10.4 Å². The Labute approximate surface area is 133 Å². The molecule has 0 bridgehead atoms. The molecule has 0 spiro atoms. The molecule has 0 atom stereocenters. The molecular weight excluding hydrogens is 322 g/mol. The van der Waals surface area contributed by atoms with Crippen molar-refractivity contribution in [3.63, 3.8) is 0 Å². The van der Waals surface area contributed by atoms with Gasteiger partial charge < -0.3 is 9.47 Å². The third-order valence-electron chi connectivity index (χ3n) is 3.22. The van der Waals surface area contributed by atoms with Gasteiger partial charge in [0, 0.05) is 18.5 Å². The first-order valence-corrected chi connectivity index (χ1v) is 6.79. The minimum atomic E-state index is -3.71. The molecule has 0 aromatic carbocycles. The fourth-order valence-electron chi connectivity index (χ4n) is 2.20. The van der Waals surface area contributed by atoms with E-state index in [-0.39, 0.29) is 23.1 Å². The number of halogens is 2. The summed E-state index contributed by atoms with van der Waals surface area (Å²) < 4.78 is 34.9. The van der Waals surface area contributed by atoms with Gasteiger partial charge in [-0.25, -0.2) is 9.97 Å². The second-order valence-electron chi connectivity index (χ2n) is 4.89. The van der Waals surface area contributed by atoms with E-state index in [1.54, 1.807) is 18.3 Å². The molecule has 1 aliphatic carbocycles. The summed E-state index contributed by atoms with van der Waals surface area (Å²) in [6, 6.07) is 7.24. The Hall–Kier alpha value is -3.36. The van der Waals surface area contributed by atoms with Crippen LogP contribution in [-0.4, -0.2) is 27.2 Å². The van der Waals surface area contributed by atoms with E-state index in [9.17, 15) is 13.6 Å². The number of ether oxygens (including phenoxy) is 2. The van der Waals surface area contributed by atoms with Gasteiger partial charge >= 0.3 is 6.29 Å². The summed E-state index contributed by atoms with van der Waals surface area (Å²) >= 11 is 0. The van der Waals surface area contributed by atoms with Crippen LogP contribution in [0.5, 0.6) is 11.5 Å². The summed E-state index contributed by atoms with van der Waals surface area (Å²) in [5.74, 6) is -0.649. The van der Waals surface area contributed by atoms with Crippen molar-refractivity contribution in [2.24, 2.45) is 0 Å². The third kappa shape index (κ3) is 2.56. The quantitative estimate of drug-likeness (QED) is 0.777. The summed E-state index contributed by atoms with van der Waals surface area (Å²) in [6.07, 6.45) is -0.763. The molecule has 0 fully saturated rings. The lowest BCUT2D eigenvalue weighted by molar-refractivity contribution is -0.286. The van der Waals surface area contributed by atoms with Crippen LogP contribution in [0.15, 0.2) is 42.7 Å². The summed E-state index contributed by atoms with van der Waals surface area (Å²) in [5.41, 5.74) is 1.01. The van der Waals surface area contributed by atoms with E-state index >= 15 is 0 Å². The number of fused-ring (bicyclic) bond motifs is 2. The predicted octanol–water partition coefficient (Wildman–Crippen LogP) is 2.55. The van der Waals surface area contributed by atoms with Crippen molar-refractivity contribution < 1.29 is 23.0 Å². The number of hydrogen-bond donors (Lipinski definition) is 1. The predicted molar refractivity (Wildman–Crippen MR) is 77.0 cm³/mol. The molecule has 120 valence electrons. The van der Waals surface area contributed by atoms with Crippen LogP contribution in [0, 0.1) is 0 Å². The topological polar surface area (TPSA) is 86.2 Å². The number of pyridine rings is 1. The smallest absolute Gasteiger partial charge is 0.395 e. The number of anilines is 1. The normalized spacial score (nSPS) is 14.6. The van der Waals surface area contributed by atoms with Gasteiger partial charge in [0.1, 0.15) is 0 Å². The molecule has 3 heterocycles. The number of carbonyl (C=O) groups excluding carboxylic acids is 1. The van der Waals surface area contributed by atoms with E-state index < -0.39 is 12.2 Å². The zero-order valence-corrected chi connectivity index (χ0v) is 11.9. The number of imidazole rings is 1. The van der Waals surface area contributed by atoms with E-state index in [0.717, 1.165) is 0 Å². The fourth-order valence-corrected chi connectivity index (χ4v) is 2.20. The highest BCUT2D eigenvalue weighted by atomic mass is 19.3. The number of rotatable bonds is 2. The SMILES string of the molecule is O=C(Nc1nc2ccc3c(cc-2n1)OC(F)(F)O3)c1cccnc1. The number of aromatic nitrogens is 3. The Kier molecular flexibility index (Phi) is 3.02. The molecule has 4 rings (SSSR count). The van der Waals surface area contributed by atoms with E-state index in [4.69, 9.17) is 0 Å². The number of amides is 1. The lowest BCUT2D eigenvalue weighted by atomic mass is 10.3. The number of carbonyl (C=O) groups is 1. The van der Waals surface area contributed by atoms with E-state index in [0.29, 0.717) is 11.3 Å². The van der Waals surface area contributed by atoms with E-state index in [2.05, 4.69) is 29.7 Å². The highest BCUT2D eigenvalue weighted by Gasteiger charge is 2.43. The van der Waals surface area contributed by atoms with Gasteiger partial charge in [-0.15, -0.1) is 8.78 Å². The highest BCUT2D eigenvalue weighted by molar-refractivity contribution is 6.03. The molecular formula is C15H8F2N4O3. The molecule has 0 unspecified atom stereocenters. The van der Waals surface area contributed by atoms with Gasteiger partial charge in [0.25, 0.3) is 5.91 Å². The van der Waals surface area contributed by atoms with Crippen molar-refractivity contribution in [1.82, 2.24) is 15.0 Å². The lowest BCUT2D eigenvalue weighted by Crippen LogP contribution is -2.26. The van der Waals surface area contributed by atoms with Gasteiger partial charge in [0.15, 0.2) is 11.5 Å². The van der Waals surface area contributed by atoms with Crippen molar-refractivity contribution in [3.8, 4) is 22.9 Å². The fraction of sp³-hybridized carbons (Fsp3) is 0.0667. The monoisotopic (exact) mass is 330 g/mol. The van der Waals surface area contributed by atoms with Gasteiger partial charge in [-0.05, 0) is 24.3 Å². The minimum Gasteiger partial charge on any atom is -0.395 e. The van der Waals surface area contributed by atoms with Crippen LogP contribution in [0.2, 0.25) is 0 Å². The molecule has 0 saturated carbocycles. The summed E-state index contributed by atoms with van der Waals surface area (Å²) in [4.78, 5) is 24.1. The largest absolute Gasteiger partial charge is 0.586 e. The maximum Gasteiger partial charge on any atom is 0.586 e. The van der Waals surface area contributed by atoms with Crippen LogP contribution in [0.4, 0.5) is 14.7 Å². The van der Waals surface area contributed by atoms with Crippen molar-refractivity contribution in [3.05, 3.63) is 48.3 Å². The Morgan fingerprint density at radius 3 is 2.67 bits per heavy atom. The first-order valence-electron chi connectivity index (χ1n) is 6.79. The standard InChI is InChI=1S/C15H8F2N4O3/c16-15(17)23-11-4-3-9-10(6-12(11)24-15)20-14(19-9)21-13(22)8-2-1-5-18-7-8/h1-7H,(H,19,20,21,22). The van der Waals surface area contributed by atoms with Crippen molar-refractivity contribution in [2.45, 2.75) is 6.29 Å². The van der Waals surface area contributed by atoms with Gasteiger partial charge in [-0.3, -0.25) is 15.1 Å². The van der Waals surface area contributed by atoms with Crippen molar-refractivity contribution in [2.75, 3.05) is 5.32 Å². The Morgan fingerprint density at radius 1 is 1.08 bits per heavy atom. The highest BCUT2D eigenvalue weighted by Crippen LogP contribution is 2.42. The van der Waals surface area contributed by atoms with Crippen LogP contribution in [-0.2, 0) is 0 Å². The molecule has 1 aromatic heterocycles. The van der Waals surface area contributed by atoms with Crippen LogP contribution >= 0.6 is 0 Å². The van der Waals surface area contributed by atoms with E-state index in [1.165, 1.54) is 24.4 Å². The second kappa shape index (κ2) is 5.08. The molecule has 1 aromatic rings. The maximum atomic E-state index is 13.1. The molecule has 2 aliphatic heterocycles. The number of alkyl halides is 2. The van der Waals surface area contributed by atoms with Crippen LogP contribution in [0.25, 0.3) is 11.4 Å². The average molecular weight is 330 g/mol. The number of nitrogens with zero attached hydrogens (tertiary/aromatic N) is 3. The van der Waals surface area contributed by atoms with E-state index in [1.807, 2.05) is 0 Å². The Balaban J connectivity index is 1.64. The first kappa shape index (κ1) is 14.2. The molecule has 24 heavy (non-hydrogen) atoms. The molecule has 0 radical (unpaired) electrons. The van der Waals surface area contributed by atoms with Crippen LogP contribution in [0.3, 0.4) is 0 Å².